The van der Waals surface area contributed by atoms with Gasteiger partial charge >= 0.3 is 0 Å². The number of allylic oxidation sites excluding steroid dienone is 1. The minimum absolute atomic E-state index is 0.0898. The molecule has 180 valence electrons. The highest BCUT2D eigenvalue weighted by molar-refractivity contribution is 5.95. The number of nitrogens with one attached hydrogen (secondary N) is 1. The van der Waals surface area contributed by atoms with Crippen LogP contribution in [0.5, 0.6) is 0 Å². The fourth-order valence-corrected chi connectivity index (χ4v) is 5.01. The third-order valence-electron chi connectivity index (χ3n) is 6.93. The van der Waals surface area contributed by atoms with Crippen molar-refractivity contribution in [2.75, 3.05) is 39.0 Å². The SMILES string of the molecule is CNC(=O)C=C(c1ccccn1)C1CCN(C(=O)C2CCN(Cc3ccnc(N)c3)CC2)CC1. The van der Waals surface area contributed by atoms with Gasteiger partial charge in [-0.15, -0.1) is 0 Å². The Hall–Kier alpha value is -3.26. The van der Waals surface area contributed by atoms with Crippen molar-refractivity contribution in [1.29, 1.82) is 0 Å². The van der Waals surface area contributed by atoms with Crippen LogP contribution in [0, 0.1) is 11.8 Å². The first-order valence-corrected chi connectivity index (χ1v) is 12.1. The molecule has 0 unspecified atom stereocenters. The molecule has 2 aromatic rings. The largest absolute Gasteiger partial charge is 0.384 e. The smallest absolute Gasteiger partial charge is 0.244 e. The molecule has 0 atom stereocenters. The minimum atomic E-state index is -0.125. The van der Waals surface area contributed by atoms with E-state index in [2.05, 4.69) is 20.2 Å². The number of rotatable bonds is 6. The topological polar surface area (TPSA) is 104 Å². The summed E-state index contributed by atoms with van der Waals surface area (Å²) in [6.07, 6.45) is 8.61. The average molecular weight is 463 g/mol. The summed E-state index contributed by atoms with van der Waals surface area (Å²) in [4.78, 5) is 38.2. The normalized spacial score (nSPS) is 18.6. The zero-order chi connectivity index (χ0) is 23.9. The van der Waals surface area contributed by atoms with Gasteiger partial charge < -0.3 is 16.0 Å². The third kappa shape index (κ3) is 5.99. The summed E-state index contributed by atoms with van der Waals surface area (Å²) in [5, 5.41) is 2.67. The van der Waals surface area contributed by atoms with E-state index < -0.39 is 0 Å². The highest BCUT2D eigenvalue weighted by Gasteiger charge is 2.32. The predicted molar refractivity (Wildman–Crippen MR) is 132 cm³/mol. The van der Waals surface area contributed by atoms with E-state index >= 15 is 0 Å². The Morgan fingerprint density at radius 2 is 1.76 bits per heavy atom. The lowest BCUT2D eigenvalue weighted by Gasteiger charge is -2.37. The summed E-state index contributed by atoms with van der Waals surface area (Å²) >= 11 is 0. The van der Waals surface area contributed by atoms with Gasteiger partial charge in [0.25, 0.3) is 0 Å². The van der Waals surface area contributed by atoms with E-state index in [1.54, 1.807) is 25.5 Å². The van der Waals surface area contributed by atoms with Crippen molar-refractivity contribution >= 4 is 23.2 Å². The maximum absolute atomic E-state index is 13.2. The van der Waals surface area contributed by atoms with Crippen molar-refractivity contribution in [2.45, 2.75) is 32.2 Å². The van der Waals surface area contributed by atoms with E-state index in [1.807, 2.05) is 35.2 Å². The molecule has 2 aromatic heterocycles. The fourth-order valence-electron chi connectivity index (χ4n) is 5.01. The molecule has 0 saturated carbocycles. The highest BCUT2D eigenvalue weighted by atomic mass is 16.2. The summed E-state index contributed by atoms with van der Waals surface area (Å²) in [6, 6.07) is 9.67. The molecular weight excluding hydrogens is 428 g/mol. The first-order chi connectivity index (χ1) is 16.5. The standard InChI is InChI=1S/C26H34N6O2/c1-28-25(33)17-22(23-4-2-3-10-29-23)20-8-14-32(15-9-20)26(34)21-6-12-31(13-7-21)18-19-5-11-30-24(27)16-19/h2-5,10-11,16-17,20-21H,6-9,12-15,18H2,1H3,(H2,27,30)(H,28,33). The van der Waals surface area contributed by atoms with Gasteiger partial charge in [0.05, 0.1) is 5.69 Å². The van der Waals surface area contributed by atoms with Crippen molar-refractivity contribution < 1.29 is 9.59 Å². The average Bonchev–Trinajstić information content (AvgIpc) is 2.88. The summed E-state index contributed by atoms with van der Waals surface area (Å²) < 4.78 is 0. The van der Waals surface area contributed by atoms with Crippen LogP contribution in [0.4, 0.5) is 5.82 Å². The number of aromatic nitrogens is 2. The second-order valence-electron chi connectivity index (χ2n) is 9.17. The third-order valence-corrected chi connectivity index (χ3v) is 6.93. The Morgan fingerprint density at radius 1 is 1.03 bits per heavy atom. The number of likely N-dealkylation sites (N-methyl/N-ethyl adjacent to an activating group) is 1. The van der Waals surface area contributed by atoms with Gasteiger partial charge in [0, 0.05) is 51.1 Å². The number of anilines is 1. The molecule has 0 radical (unpaired) electrons. The van der Waals surface area contributed by atoms with E-state index in [0.717, 1.165) is 75.2 Å². The summed E-state index contributed by atoms with van der Waals surface area (Å²) in [5.41, 5.74) is 8.74. The van der Waals surface area contributed by atoms with Crippen molar-refractivity contribution in [2.24, 2.45) is 11.8 Å². The molecule has 2 saturated heterocycles. The number of hydrogen-bond acceptors (Lipinski definition) is 6. The molecule has 2 aliphatic heterocycles. The lowest BCUT2D eigenvalue weighted by Crippen LogP contribution is -2.45. The van der Waals surface area contributed by atoms with E-state index in [0.29, 0.717) is 5.82 Å². The van der Waals surface area contributed by atoms with Gasteiger partial charge in [-0.3, -0.25) is 19.5 Å². The molecule has 0 bridgehead atoms. The Balaban J connectivity index is 1.30. The Bertz CT molecular complexity index is 1010. The number of piperidine rings is 2. The molecular formula is C26H34N6O2. The number of pyridine rings is 2. The van der Waals surface area contributed by atoms with Crippen molar-refractivity contribution in [1.82, 2.24) is 25.1 Å². The first-order valence-electron chi connectivity index (χ1n) is 12.1. The summed E-state index contributed by atoms with van der Waals surface area (Å²) in [7, 11) is 1.63. The number of nitrogens with two attached hydrogens (primary N) is 1. The zero-order valence-electron chi connectivity index (χ0n) is 19.8. The van der Waals surface area contributed by atoms with Crippen LogP contribution in [0.2, 0.25) is 0 Å². The minimum Gasteiger partial charge on any atom is -0.384 e. The molecule has 2 aliphatic rings. The van der Waals surface area contributed by atoms with E-state index in [4.69, 9.17) is 5.73 Å². The number of likely N-dealkylation sites (tertiary alicyclic amines) is 2. The number of nitrogen functional groups attached to an aromatic ring is 1. The lowest BCUT2D eigenvalue weighted by molar-refractivity contribution is -0.138. The number of hydrogen-bond donors (Lipinski definition) is 2. The monoisotopic (exact) mass is 462 g/mol. The lowest BCUT2D eigenvalue weighted by atomic mass is 9.85. The van der Waals surface area contributed by atoms with Crippen LogP contribution in [0.1, 0.15) is 36.9 Å². The van der Waals surface area contributed by atoms with Gasteiger partial charge in [0.15, 0.2) is 0 Å². The van der Waals surface area contributed by atoms with Crippen LogP contribution < -0.4 is 11.1 Å². The Labute approximate surface area is 201 Å². The van der Waals surface area contributed by atoms with Crippen LogP contribution in [-0.2, 0) is 16.1 Å². The number of nitrogens with zero attached hydrogens (tertiary/aromatic N) is 4. The molecule has 2 fully saturated rings. The van der Waals surface area contributed by atoms with Gasteiger partial charge in [-0.1, -0.05) is 6.07 Å². The molecule has 4 heterocycles. The quantitative estimate of drug-likeness (QED) is 0.639. The molecule has 2 amide bonds. The van der Waals surface area contributed by atoms with Gasteiger partial charge in [-0.2, -0.15) is 0 Å². The van der Waals surface area contributed by atoms with Crippen LogP contribution in [0.25, 0.3) is 5.57 Å². The highest BCUT2D eigenvalue weighted by Crippen LogP contribution is 2.32. The molecule has 0 aliphatic carbocycles. The van der Waals surface area contributed by atoms with E-state index in [-0.39, 0.29) is 23.7 Å². The van der Waals surface area contributed by atoms with E-state index in [9.17, 15) is 9.59 Å². The van der Waals surface area contributed by atoms with Crippen LogP contribution in [0.15, 0.2) is 48.8 Å². The molecule has 34 heavy (non-hydrogen) atoms. The molecule has 3 N–H and O–H groups in total. The van der Waals surface area contributed by atoms with Crippen molar-refractivity contribution in [3.63, 3.8) is 0 Å². The zero-order valence-corrected chi connectivity index (χ0v) is 19.8. The van der Waals surface area contributed by atoms with E-state index in [1.165, 1.54) is 0 Å². The van der Waals surface area contributed by atoms with Gasteiger partial charge in [-0.05, 0) is 80.1 Å². The Kier molecular flexibility index (Phi) is 7.90. The second kappa shape index (κ2) is 11.2. The molecule has 0 spiro atoms. The van der Waals surface area contributed by atoms with Crippen LogP contribution in [-0.4, -0.2) is 64.8 Å². The van der Waals surface area contributed by atoms with Crippen LogP contribution in [0.3, 0.4) is 0 Å². The molecule has 8 nitrogen and oxygen atoms in total. The second-order valence-corrected chi connectivity index (χ2v) is 9.17. The summed E-state index contributed by atoms with van der Waals surface area (Å²) in [6.45, 7) is 4.10. The fraction of sp³-hybridized carbons (Fsp3) is 0.462. The van der Waals surface area contributed by atoms with Crippen molar-refractivity contribution in [3.8, 4) is 0 Å². The Morgan fingerprint density at radius 3 is 2.41 bits per heavy atom. The van der Waals surface area contributed by atoms with Gasteiger partial charge in [0.1, 0.15) is 5.82 Å². The summed E-state index contributed by atoms with van der Waals surface area (Å²) in [5.74, 6) is 1.00. The number of carbonyl (C=O) groups excluding carboxylic acids is 2. The maximum atomic E-state index is 13.2. The van der Waals surface area contributed by atoms with Crippen molar-refractivity contribution in [3.05, 3.63) is 60.1 Å². The van der Waals surface area contributed by atoms with Gasteiger partial charge in [-0.25, -0.2) is 4.98 Å². The molecule has 0 aromatic carbocycles. The predicted octanol–water partition coefficient (Wildman–Crippen LogP) is 2.34. The number of carbonyl (C=O) groups is 2. The molecule has 4 rings (SSSR count). The van der Waals surface area contributed by atoms with Crippen LogP contribution >= 0.6 is 0 Å². The number of amides is 2. The van der Waals surface area contributed by atoms with Gasteiger partial charge in [0.2, 0.25) is 11.8 Å². The maximum Gasteiger partial charge on any atom is 0.244 e. The molecule has 8 heteroatoms. The first kappa shape index (κ1) is 23.9.